The summed E-state index contributed by atoms with van der Waals surface area (Å²) in [6, 6.07) is 6.53. The number of hydrogen-bond acceptors (Lipinski definition) is 5. The molecule has 0 aliphatic heterocycles. The smallest absolute Gasteiger partial charge is 0.279 e. The predicted octanol–water partition coefficient (Wildman–Crippen LogP) is 4.14. The fraction of sp³-hybridized carbons (Fsp3) is 0.263. The minimum atomic E-state index is -0.456. The molecule has 3 rings (SSSR count). The van der Waals surface area contributed by atoms with Crippen molar-refractivity contribution in [2.75, 3.05) is 19.0 Å². The number of rotatable bonds is 7. The maximum Gasteiger partial charge on any atom is 0.279 e. The second-order valence-electron chi connectivity index (χ2n) is 6.06. The third-order valence-electron chi connectivity index (χ3n) is 4.12. The summed E-state index contributed by atoms with van der Waals surface area (Å²) in [5.41, 5.74) is 3.53. The summed E-state index contributed by atoms with van der Waals surface area (Å²) in [7, 11) is 3.27. The van der Waals surface area contributed by atoms with E-state index in [-0.39, 0.29) is 11.3 Å². The fourth-order valence-corrected chi connectivity index (χ4v) is 3.22. The first-order valence-corrected chi connectivity index (χ1v) is 9.70. The van der Waals surface area contributed by atoms with E-state index >= 15 is 0 Å². The van der Waals surface area contributed by atoms with E-state index in [0.29, 0.717) is 29.2 Å². The number of amides is 1. The Kier molecular flexibility index (Phi) is 6.35. The number of carbonyl (C=O) groups excluding carboxylic acids is 1. The van der Waals surface area contributed by atoms with Crippen LogP contribution in [0.1, 0.15) is 23.7 Å². The van der Waals surface area contributed by atoms with E-state index in [1.165, 1.54) is 13.2 Å². The van der Waals surface area contributed by atoms with Gasteiger partial charge in [-0.15, -0.1) is 0 Å². The number of nitrogens with one attached hydrogen (secondary N) is 2. The zero-order chi connectivity index (χ0) is 20.3. The van der Waals surface area contributed by atoms with Gasteiger partial charge in [-0.2, -0.15) is 0 Å². The molecule has 1 aromatic carbocycles. The van der Waals surface area contributed by atoms with E-state index in [9.17, 15) is 9.18 Å². The molecule has 0 saturated carbocycles. The lowest BCUT2D eigenvalue weighted by Gasteiger charge is -2.12. The normalized spacial score (nSPS) is 10.9. The summed E-state index contributed by atoms with van der Waals surface area (Å²) >= 11 is 2.04. The quantitative estimate of drug-likeness (QED) is 0.291. The molecule has 0 radical (unpaired) electrons. The highest BCUT2D eigenvalue weighted by molar-refractivity contribution is 14.1. The number of methoxy groups -OCH3 is 1. The first kappa shape index (κ1) is 20.3. The van der Waals surface area contributed by atoms with Gasteiger partial charge in [0.25, 0.3) is 5.91 Å². The molecule has 28 heavy (non-hydrogen) atoms. The molecule has 0 aliphatic rings. The molecule has 0 saturated heterocycles. The predicted molar refractivity (Wildman–Crippen MR) is 113 cm³/mol. The zero-order valence-electron chi connectivity index (χ0n) is 15.7. The number of benzene rings is 1. The van der Waals surface area contributed by atoms with Crippen molar-refractivity contribution < 1.29 is 18.8 Å². The summed E-state index contributed by atoms with van der Waals surface area (Å²) in [5.74, 6) is 0.0286. The van der Waals surface area contributed by atoms with Crippen LogP contribution in [0.15, 0.2) is 30.5 Å². The summed E-state index contributed by atoms with van der Waals surface area (Å²) in [6.45, 7) is 2.32. The van der Waals surface area contributed by atoms with Gasteiger partial charge in [0, 0.05) is 16.0 Å². The number of halogens is 2. The largest absolute Gasteiger partial charge is 0.495 e. The molecule has 9 heteroatoms. The lowest BCUT2D eigenvalue weighted by atomic mass is 10.2. The molecule has 0 aliphatic carbocycles. The number of hydrogen-bond donors (Lipinski definition) is 2. The van der Waals surface area contributed by atoms with Crippen LogP contribution >= 0.6 is 22.6 Å². The zero-order valence-corrected chi connectivity index (χ0v) is 17.8. The third-order valence-corrected chi connectivity index (χ3v) is 4.79. The Bertz CT molecular complexity index is 1020. The van der Waals surface area contributed by atoms with Crippen molar-refractivity contribution in [3.63, 3.8) is 0 Å². The van der Waals surface area contributed by atoms with Gasteiger partial charge in [-0.05, 0) is 53.3 Å². The van der Waals surface area contributed by atoms with Crippen molar-refractivity contribution in [3.05, 3.63) is 45.4 Å². The Morgan fingerprint density at radius 1 is 1.36 bits per heavy atom. The molecule has 0 bridgehead atoms. The second kappa shape index (κ2) is 8.74. The van der Waals surface area contributed by atoms with Gasteiger partial charge in [0.05, 0.1) is 31.2 Å². The van der Waals surface area contributed by atoms with Crippen LogP contribution in [0, 0.1) is 9.39 Å². The fourth-order valence-electron chi connectivity index (χ4n) is 2.77. The van der Waals surface area contributed by atoms with Gasteiger partial charge in [-0.25, -0.2) is 14.9 Å². The highest BCUT2D eigenvalue weighted by Gasteiger charge is 2.24. The summed E-state index contributed by atoms with van der Waals surface area (Å²) < 4.78 is 22.1. The van der Waals surface area contributed by atoms with Crippen LogP contribution in [-0.4, -0.2) is 29.2 Å². The molecule has 2 N–H and O–H groups in total. The van der Waals surface area contributed by atoms with Crippen LogP contribution in [0.2, 0.25) is 0 Å². The number of nitrogens with zero attached hydrogens (tertiary/aromatic N) is 2. The Balaban J connectivity index is 2.12. The monoisotopic (exact) mass is 498 g/mol. The lowest BCUT2D eigenvalue weighted by molar-refractivity contribution is 0.0317. The molecule has 2 aromatic heterocycles. The SMILES string of the molecule is CCCONC(=O)c1c(Nc2ccc(I)cc2F)n(C)c2ncc(OC)cc12. The second-order valence-corrected chi connectivity index (χ2v) is 7.30. The van der Waals surface area contributed by atoms with Crippen LogP contribution in [0.25, 0.3) is 11.0 Å². The van der Waals surface area contributed by atoms with E-state index in [2.05, 4.69) is 15.8 Å². The average molecular weight is 498 g/mol. The number of fused-ring (bicyclic) bond motifs is 1. The topological polar surface area (TPSA) is 77.4 Å². The molecule has 0 unspecified atom stereocenters. The van der Waals surface area contributed by atoms with Crippen molar-refractivity contribution in [3.8, 4) is 5.75 Å². The Labute approximate surface area is 175 Å². The Morgan fingerprint density at radius 3 is 2.82 bits per heavy atom. The van der Waals surface area contributed by atoms with Gasteiger partial charge in [-0.1, -0.05) is 6.92 Å². The Hall–Kier alpha value is -2.40. The van der Waals surface area contributed by atoms with E-state index in [1.54, 1.807) is 36.0 Å². The first-order chi connectivity index (χ1) is 13.5. The molecule has 0 fully saturated rings. The molecule has 3 aromatic rings. The molecule has 2 heterocycles. The van der Waals surface area contributed by atoms with Gasteiger partial charge in [0.15, 0.2) is 0 Å². The Morgan fingerprint density at radius 2 is 2.14 bits per heavy atom. The van der Waals surface area contributed by atoms with Crippen LogP contribution < -0.4 is 15.5 Å². The maximum atomic E-state index is 14.4. The maximum absolute atomic E-state index is 14.4. The van der Waals surface area contributed by atoms with Gasteiger partial charge < -0.3 is 14.6 Å². The van der Waals surface area contributed by atoms with E-state index in [1.807, 2.05) is 29.5 Å². The molecule has 7 nitrogen and oxygen atoms in total. The third kappa shape index (κ3) is 4.04. The number of aryl methyl sites for hydroxylation is 1. The number of hydroxylamine groups is 1. The van der Waals surface area contributed by atoms with Crippen LogP contribution in [-0.2, 0) is 11.9 Å². The standard InChI is InChI=1S/C19H20FIN4O3/c1-4-7-28-24-19(26)16-13-9-12(27-3)10-22-17(13)25(2)18(16)23-15-6-5-11(21)8-14(15)20/h5-6,8-10,23H,4,7H2,1-3H3,(H,24,26). The van der Waals surface area contributed by atoms with Crippen molar-refractivity contribution in [2.45, 2.75) is 13.3 Å². The molecular weight excluding hydrogens is 478 g/mol. The van der Waals surface area contributed by atoms with Crippen LogP contribution in [0.5, 0.6) is 5.75 Å². The number of pyridine rings is 1. The van der Waals surface area contributed by atoms with Gasteiger partial charge in [-0.3, -0.25) is 9.63 Å². The summed E-state index contributed by atoms with van der Waals surface area (Å²) in [5, 5.41) is 3.58. The lowest BCUT2D eigenvalue weighted by Crippen LogP contribution is -2.25. The summed E-state index contributed by atoms with van der Waals surface area (Å²) in [4.78, 5) is 22.4. The average Bonchev–Trinajstić information content (AvgIpc) is 2.95. The summed E-state index contributed by atoms with van der Waals surface area (Å²) in [6.07, 6.45) is 2.32. The van der Waals surface area contributed by atoms with Gasteiger partial charge in [0.2, 0.25) is 0 Å². The van der Waals surface area contributed by atoms with E-state index < -0.39 is 11.7 Å². The van der Waals surface area contributed by atoms with Crippen molar-refractivity contribution in [1.82, 2.24) is 15.0 Å². The van der Waals surface area contributed by atoms with Crippen molar-refractivity contribution in [2.24, 2.45) is 7.05 Å². The number of anilines is 2. The number of ether oxygens (including phenoxy) is 1. The van der Waals surface area contributed by atoms with Crippen LogP contribution in [0.4, 0.5) is 15.9 Å². The van der Waals surface area contributed by atoms with E-state index in [0.717, 1.165) is 9.99 Å². The minimum absolute atomic E-state index is 0.252. The van der Waals surface area contributed by atoms with Crippen LogP contribution in [0.3, 0.4) is 0 Å². The molecule has 1 amide bonds. The van der Waals surface area contributed by atoms with Gasteiger partial charge >= 0.3 is 0 Å². The van der Waals surface area contributed by atoms with E-state index in [4.69, 9.17) is 9.57 Å². The van der Waals surface area contributed by atoms with Crippen molar-refractivity contribution >= 4 is 51.0 Å². The highest BCUT2D eigenvalue weighted by Crippen LogP contribution is 2.33. The highest BCUT2D eigenvalue weighted by atomic mass is 127. The van der Waals surface area contributed by atoms with Gasteiger partial charge in [0.1, 0.15) is 23.0 Å². The molecule has 0 atom stereocenters. The minimum Gasteiger partial charge on any atom is -0.495 e. The first-order valence-electron chi connectivity index (χ1n) is 8.62. The number of carbonyl (C=O) groups is 1. The molecular formula is C19H20FIN4O3. The molecule has 148 valence electrons. The number of aromatic nitrogens is 2. The molecule has 0 spiro atoms. The van der Waals surface area contributed by atoms with Crippen molar-refractivity contribution in [1.29, 1.82) is 0 Å².